The van der Waals surface area contributed by atoms with Gasteiger partial charge in [-0.05, 0) is 60.9 Å². The number of rotatable bonds is 14. The van der Waals surface area contributed by atoms with Gasteiger partial charge in [0.15, 0.2) is 0 Å². The lowest BCUT2D eigenvalue weighted by Crippen LogP contribution is -2.54. The second-order valence-corrected chi connectivity index (χ2v) is 12.6. The summed E-state index contributed by atoms with van der Waals surface area (Å²) in [5.74, 6) is -1.61. The van der Waals surface area contributed by atoms with Crippen molar-refractivity contribution >= 4 is 33.2 Å². The van der Waals surface area contributed by atoms with E-state index >= 15 is 0 Å². The summed E-state index contributed by atoms with van der Waals surface area (Å²) in [6.45, 7) is 2.91. The van der Waals surface area contributed by atoms with Crippen molar-refractivity contribution < 1.29 is 27.3 Å². The number of non-ortho nitro benzene ring substituents is 1. The number of sulfonamides is 1. The van der Waals surface area contributed by atoms with Crippen LogP contribution in [0.25, 0.3) is 0 Å². The molecule has 0 aromatic heterocycles. The lowest BCUT2D eigenvalue weighted by atomic mass is 10.0. The van der Waals surface area contributed by atoms with Gasteiger partial charge in [-0.25, -0.2) is 12.8 Å². The van der Waals surface area contributed by atoms with Gasteiger partial charge in [0.1, 0.15) is 18.4 Å². The summed E-state index contributed by atoms with van der Waals surface area (Å²) in [7, 11) is -4.36. The predicted octanol–water partition coefficient (Wildman–Crippen LogP) is 5.48. The quantitative estimate of drug-likeness (QED) is 0.143. The molecule has 0 saturated heterocycles. The van der Waals surface area contributed by atoms with Crippen LogP contribution in [-0.2, 0) is 32.6 Å². The molecule has 0 fully saturated rings. The van der Waals surface area contributed by atoms with Crippen LogP contribution in [0.1, 0.15) is 31.4 Å². The van der Waals surface area contributed by atoms with Crippen LogP contribution in [0.15, 0.2) is 114 Å². The number of nitro groups is 1. The largest absolute Gasteiger partial charge is 0.352 e. The number of carbonyl (C=O) groups is 2. The number of benzene rings is 4. The summed E-state index contributed by atoms with van der Waals surface area (Å²) in [4.78, 5) is 40.1. The standard InChI is InChI=1S/C34H35FN4O6S/c1-3-25(2)36-34(41)32(22-26-10-6-4-7-11-26)37(23-27-14-16-28(35)17-15-27)33(40)24-38(29-18-20-30(21-19-29)39(42)43)46(44,45)31-12-8-5-9-13-31/h4-21,25,32H,3,22-24H2,1-2H3,(H,36,41)/t25-,32-/m0/s1. The maximum atomic E-state index is 14.4. The lowest BCUT2D eigenvalue weighted by molar-refractivity contribution is -0.384. The molecule has 4 rings (SSSR count). The van der Waals surface area contributed by atoms with Crippen molar-refractivity contribution in [3.05, 3.63) is 136 Å². The number of halogens is 1. The van der Waals surface area contributed by atoms with Gasteiger partial charge in [-0.2, -0.15) is 0 Å². The van der Waals surface area contributed by atoms with E-state index in [4.69, 9.17) is 0 Å². The Morgan fingerprint density at radius 2 is 1.46 bits per heavy atom. The number of anilines is 1. The Morgan fingerprint density at radius 1 is 0.870 bits per heavy atom. The zero-order valence-electron chi connectivity index (χ0n) is 25.5. The van der Waals surface area contributed by atoms with Gasteiger partial charge in [-0.3, -0.25) is 24.0 Å². The molecule has 1 N–H and O–H groups in total. The highest BCUT2D eigenvalue weighted by Crippen LogP contribution is 2.27. The summed E-state index contributed by atoms with van der Waals surface area (Å²) in [6, 6.07) is 25.6. The number of nitro benzene ring substituents is 1. The fraction of sp³-hybridized carbons (Fsp3) is 0.235. The molecule has 0 heterocycles. The first kappa shape index (κ1) is 33.8. The van der Waals surface area contributed by atoms with Gasteiger partial charge in [0.25, 0.3) is 15.7 Å². The molecule has 10 nitrogen and oxygen atoms in total. The Hall–Kier alpha value is -5.10. The number of hydrogen-bond acceptors (Lipinski definition) is 6. The number of nitrogens with one attached hydrogen (secondary N) is 1. The molecule has 46 heavy (non-hydrogen) atoms. The third-order valence-corrected chi connectivity index (χ3v) is 9.28. The van der Waals surface area contributed by atoms with Crippen molar-refractivity contribution in [2.24, 2.45) is 0 Å². The SMILES string of the molecule is CC[C@H](C)NC(=O)[C@H](Cc1ccccc1)N(Cc1ccc(F)cc1)C(=O)CN(c1ccc([N+](=O)[O-])cc1)S(=O)(=O)c1ccccc1. The van der Waals surface area contributed by atoms with Gasteiger partial charge in [0.2, 0.25) is 11.8 Å². The van der Waals surface area contributed by atoms with Crippen molar-refractivity contribution in [3.63, 3.8) is 0 Å². The van der Waals surface area contributed by atoms with Crippen molar-refractivity contribution in [2.45, 2.75) is 50.2 Å². The average Bonchev–Trinajstić information content (AvgIpc) is 3.06. The molecule has 0 bridgehead atoms. The van der Waals surface area contributed by atoms with Crippen molar-refractivity contribution in [3.8, 4) is 0 Å². The van der Waals surface area contributed by atoms with E-state index in [2.05, 4.69) is 5.32 Å². The third-order valence-electron chi connectivity index (χ3n) is 7.50. The second kappa shape index (κ2) is 15.3. The number of amides is 2. The van der Waals surface area contributed by atoms with E-state index in [1.165, 1.54) is 53.4 Å². The highest BCUT2D eigenvalue weighted by molar-refractivity contribution is 7.92. The van der Waals surface area contributed by atoms with Crippen molar-refractivity contribution in [1.82, 2.24) is 10.2 Å². The molecule has 12 heteroatoms. The first-order valence-electron chi connectivity index (χ1n) is 14.7. The zero-order valence-corrected chi connectivity index (χ0v) is 26.3. The smallest absolute Gasteiger partial charge is 0.269 e. The van der Waals surface area contributed by atoms with E-state index < -0.39 is 45.2 Å². The molecule has 4 aromatic rings. The molecule has 2 atom stereocenters. The predicted molar refractivity (Wildman–Crippen MR) is 173 cm³/mol. The monoisotopic (exact) mass is 646 g/mol. The molecule has 4 aromatic carbocycles. The fourth-order valence-corrected chi connectivity index (χ4v) is 6.21. The second-order valence-electron chi connectivity index (χ2n) is 10.8. The van der Waals surface area contributed by atoms with Crippen LogP contribution in [-0.4, -0.2) is 48.7 Å². The Bertz CT molecular complexity index is 1740. The van der Waals surface area contributed by atoms with Gasteiger partial charge < -0.3 is 10.2 Å². The Balaban J connectivity index is 1.81. The van der Waals surface area contributed by atoms with Gasteiger partial charge in [0.05, 0.1) is 15.5 Å². The minimum atomic E-state index is -4.36. The summed E-state index contributed by atoms with van der Waals surface area (Å²) < 4.78 is 42.7. The van der Waals surface area contributed by atoms with Crippen LogP contribution in [0, 0.1) is 15.9 Å². The summed E-state index contributed by atoms with van der Waals surface area (Å²) in [5, 5.41) is 14.3. The lowest BCUT2D eigenvalue weighted by Gasteiger charge is -2.34. The van der Waals surface area contributed by atoms with E-state index in [1.54, 1.807) is 18.2 Å². The van der Waals surface area contributed by atoms with Crippen LogP contribution in [0.3, 0.4) is 0 Å². The van der Waals surface area contributed by atoms with Crippen LogP contribution in [0.5, 0.6) is 0 Å². The zero-order chi connectivity index (χ0) is 33.3. The number of carbonyl (C=O) groups excluding carboxylic acids is 2. The van der Waals surface area contributed by atoms with Crippen LogP contribution in [0.4, 0.5) is 15.8 Å². The summed E-state index contributed by atoms with van der Waals surface area (Å²) in [5.41, 5.74) is 1.06. The van der Waals surface area contributed by atoms with E-state index in [-0.39, 0.29) is 35.3 Å². The van der Waals surface area contributed by atoms with E-state index in [1.807, 2.05) is 44.2 Å². The van der Waals surface area contributed by atoms with Gasteiger partial charge in [-0.15, -0.1) is 0 Å². The highest BCUT2D eigenvalue weighted by atomic mass is 32.2. The molecule has 0 saturated carbocycles. The third kappa shape index (κ3) is 8.54. The molecular weight excluding hydrogens is 611 g/mol. The molecule has 0 unspecified atom stereocenters. The Labute approximate surface area is 267 Å². The van der Waals surface area contributed by atoms with E-state index in [0.717, 1.165) is 22.0 Å². The topological polar surface area (TPSA) is 130 Å². The molecule has 0 aliphatic rings. The normalized spacial score (nSPS) is 12.5. The molecule has 0 spiro atoms. The number of nitrogens with zero attached hydrogens (tertiary/aromatic N) is 3. The van der Waals surface area contributed by atoms with Gasteiger partial charge >= 0.3 is 0 Å². The van der Waals surface area contributed by atoms with Crippen LogP contribution < -0.4 is 9.62 Å². The molecule has 0 aliphatic carbocycles. The molecule has 0 aliphatic heterocycles. The molecule has 0 radical (unpaired) electrons. The average molecular weight is 647 g/mol. The van der Waals surface area contributed by atoms with E-state index in [0.29, 0.717) is 12.0 Å². The summed E-state index contributed by atoms with van der Waals surface area (Å²) in [6.07, 6.45) is 0.762. The molecule has 240 valence electrons. The van der Waals surface area contributed by atoms with Crippen LogP contribution >= 0.6 is 0 Å². The van der Waals surface area contributed by atoms with Gasteiger partial charge in [0, 0.05) is 31.1 Å². The summed E-state index contributed by atoms with van der Waals surface area (Å²) >= 11 is 0. The fourth-order valence-electron chi connectivity index (χ4n) is 4.77. The minimum absolute atomic E-state index is 0.0215. The van der Waals surface area contributed by atoms with Crippen molar-refractivity contribution in [1.29, 1.82) is 0 Å². The Kier molecular flexibility index (Phi) is 11.2. The molecular formula is C34H35FN4O6S. The van der Waals surface area contributed by atoms with Crippen LogP contribution in [0.2, 0.25) is 0 Å². The minimum Gasteiger partial charge on any atom is -0.352 e. The maximum Gasteiger partial charge on any atom is 0.269 e. The maximum absolute atomic E-state index is 14.4. The Morgan fingerprint density at radius 3 is 2.02 bits per heavy atom. The highest BCUT2D eigenvalue weighted by Gasteiger charge is 2.35. The van der Waals surface area contributed by atoms with E-state index in [9.17, 15) is 32.5 Å². The number of hydrogen-bond donors (Lipinski definition) is 1. The van der Waals surface area contributed by atoms with Gasteiger partial charge in [-0.1, -0.05) is 67.6 Å². The first-order chi connectivity index (χ1) is 22.0. The van der Waals surface area contributed by atoms with Crippen molar-refractivity contribution in [2.75, 3.05) is 10.8 Å². The first-order valence-corrected chi connectivity index (χ1v) is 16.1. The molecule has 2 amide bonds.